The van der Waals surface area contributed by atoms with Crippen LogP contribution in [-0.2, 0) is 6.42 Å². The van der Waals surface area contributed by atoms with Gasteiger partial charge in [-0.3, -0.25) is 0 Å². The van der Waals surface area contributed by atoms with Crippen molar-refractivity contribution < 1.29 is 0 Å². The van der Waals surface area contributed by atoms with E-state index in [1.54, 1.807) is 11.3 Å². The lowest BCUT2D eigenvalue weighted by Gasteiger charge is -2.00. The fraction of sp³-hybridized carbons (Fsp3) is 0.667. The lowest BCUT2D eigenvalue weighted by molar-refractivity contribution is 0.714. The molecule has 1 rings (SSSR count). The molecule has 0 spiro atoms. The summed E-state index contributed by atoms with van der Waals surface area (Å²) in [5.41, 5.74) is 1.22. The molecule has 0 bridgehead atoms. The van der Waals surface area contributed by atoms with E-state index >= 15 is 0 Å². The monoisotopic (exact) mass is 216 g/mol. The molecule has 1 aromatic rings. The molecule has 1 aromatic heterocycles. The van der Waals surface area contributed by atoms with Crippen LogP contribution in [0.15, 0.2) is 5.38 Å². The second kappa shape index (κ2) is 6.40. The molecule has 74 valence electrons. The SMILES string of the molecule is CSCCNCCc1csc(C)n1. The van der Waals surface area contributed by atoms with Crippen molar-refractivity contribution in [1.29, 1.82) is 0 Å². The predicted octanol–water partition coefficient (Wildman–Crippen LogP) is 1.95. The molecule has 0 saturated heterocycles. The number of aryl methyl sites for hydroxylation is 1. The Bertz CT molecular complexity index is 235. The van der Waals surface area contributed by atoms with Gasteiger partial charge in [-0.2, -0.15) is 11.8 Å². The lowest BCUT2D eigenvalue weighted by atomic mass is 10.3. The van der Waals surface area contributed by atoms with E-state index in [1.165, 1.54) is 16.5 Å². The van der Waals surface area contributed by atoms with E-state index in [1.807, 2.05) is 11.8 Å². The highest BCUT2D eigenvalue weighted by Crippen LogP contribution is 2.07. The van der Waals surface area contributed by atoms with Crippen LogP contribution in [0.2, 0.25) is 0 Å². The van der Waals surface area contributed by atoms with Crippen LogP contribution >= 0.6 is 23.1 Å². The Morgan fingerprint density at radius 2 is 2.38 bits per heavy atom. The van der Waals surface area contributed by atoms with Crippen molar-refractivity contribution in [3.05, 3.63) is 16.1 Å². The van der Waals surface area contributed by atoms with Crippen LogP contribution in [0.3, 0.4) is 0 Å². The minimum absolute atomic E-state index is 1.05. The van der Waals surface area contributed by atoms with Crippen LogP contribution in [0.1, 0.15) is 10.7 Å². The van der Waals surface area contributed by atoms with Crippen molar-refractivity contribution in [1.82, 2.24) is 10.3 Å². The van der Waals surface area contributed by atoms with Crippen molar-refractivity contribution in [2.75, 3.05) is 25.1 Å². The standard InChI is InChI=1S/C9H16N2S2/c1-8-11-9(7-13-8)3-4-10-5-6-12-2/h7,10H,3-6H2,1-2H3. The molecule has 0 saturated carbocycles. The molecule has 0 fully saturated rings. The molecule has 0 unspecified atom stereocenters. The topological polar surface area (TPSA) is 24.9 Å². The predicted molar refractivity (Wildman–Crippen MR) is 61.8 cm³/mol. The molecule has 1 heterocycles. The van der Waals surface area contributed by atoms with Crippen LogP contribution in [0.25, 0.3) is 0 Å². The maximum absolute atomic E-state index is 4.40. The Kier molecular flexibility index (Phi) is 5.43. The van der Waals surface area contributed by atoms with E-state index < -0.39 is 0 Å². The first kappa shape index (κ1) is 11.0. The Hall–Kier alpha value is -0.0600. The number of nitrogens with one attached hydrogen (secondary N) is 1. The summed E-state index contributed by atoms with van der Waals surface area (Å²) >= 11 is 3.61. The summed E-state index contributed by atoms with van der Waals surface area (Å²) < 4.78 is 0. The molecule has 4 heteroatoms. The van der Waals surface area contributed by atoms with Gasteiger partial charge in [0.2, 0.25) is 0 Å². The fourth-order valence-corrected chi connectivity index (χ4v) is 2.03. The van der Waals surface area contributed by atoms with E-state index in [9.17, 15) is 0 Å². The van der Waals surface area contributed by atoms with Crippen molar-refractivity contribution in [3.63, 3.8) is 0 Å². The number of thioether (sulfide) groups is 1. The Morgan fingerprint density at radius 3 is 3.00 bits per heavy atom. The Labute approximate surface area is 88.2 Å². The minimum Gasteiger partial charge on any atom is -0.316 e. The molecule has 13 heavy (non-hydrogen) atoms. The van der Waals surface area contributed by atoms with Crippen molar-refractivity contribution in [3.8, 4) is 0 Å². The number of nitrogens with zero attached hydrogens (tertiary/aromatic N) is 1. The maximum atomic E-state index is 4.40. The maximum Gasteiger partial charge on any atom is 0.0897 e. The third-order valence-corrected chi connectivity index (χ3v) is 3.14. The highest BCUT2D eigenvalue weighted by atomic mass is 32.2. The molecule has 0 radical (unpaired) electrons. The lowest BCUT2D eigenvalue weighted by Crippen LogP contribution is -2.20. The summed E-state index contributed by atoms with van der Waals surface area (Å²) in [4.78, 5) is 4.40. The molecular formula is C9H16N2S2. The van der Waals surface area contributed by atoms with Crippen molar-refractivity contribution in [2.24, 2.45) is 0 Å². The van der Waals surface area contributed by atoms with Gasteiger partial charge in [0.15, 0.2) is 0 Å². The van der Waals surface area contributed by atoms with Gasteiger partial charge in [0.1, 0.15) is 0 Å². The zero-order valence-electron chi connectivity index (χ0n) is 8.17. The molecule has 0 amide bonds. The largest absolute Gasteiger partial charge is 0.316 e. The van der Waals surface area contributed by atoms with Gasteiger partial charge in [0.25, 0.3) is 0 Å². The van der Waals surface area contributed by atoms with Crippen LogP contribution in [-0.4, -0.2) is 30.1 Å². The third kappa shape index (κ3) is 4.64. The van der Waals surface area contributed by atoms with E-state index in [0.29, 0.717) is 0 Å². The van der Waals surface area contributed by atoms with E-state index in [-0.39, 0.29) is 0 Å². The highest BCUT2D eigenvalue weighted by Gasteiger charge is 1.96. The van der Waals surface area contributed by atoms with Crippen LogP contribution < -0.4 is 5.32 Å². The number of hydrogen-bond acceptors (Lipinski definition) is 4. The van der Waals surface area contributed by atoms with Crippen molar-refractivity contribution in [2.45, 2.75) is 13.3 Å². The molecule has 0 aromatic carbocycles. The highest BCUT2D eigenvalue weighted by molar-refractivity contribution is 7.98. The van der Waals surface area contributed by atoms with E-state index in [4.69, 9.17) is 0 Å². The average Bonchev–Trinajstić information content (AvgIpc) is 2.51. The first-order valence-corrected chi connectivity index (χ1v) is 6.71. The number of hydrogen-bond donors (Lipinski definition) is 1. The van der Waals surface area contributed by atoms with Crippen molar-refractivity contribution >= 4 is 23.1 Å². The van der Waals surface area contributed by atoms with Gasteiger partial charge in [-0.15, -0.1) is 11.3 Å². The van der Waals surface area contributed by atoms with Gasteiger partial charge >= 0.3 is 0 Å². The second-order valence-corrected chi connectivity index (χ2v) is 4.90. The van der Waals surface area contributed by atoms with E-state index in [2.05, 4.69) is 28.9 Å². The molecule has 0 atom stereocenters. The summed E-state index contributed by atoms with van der Waals surface area (Å²) in [7, 11) is 0. The Morgan fingerprint density at radius 1 is 1.54 bits per heavy atom. The smallest absolute Gasteiger partial charge is 0.0897 e. The molecule has 0 aliphatic heterocycles. The number of aromatic nitrogens is 1. The Balaban J connectivity index is 2.06. The van der Waals surface area contributed by atoms with Gasteiger partial charge in [0.05, 0.1) is 10.7 Å². The zero-order valence-corrected chi connectivity index (χ0v) is 9.80. The van der Waals surface area contributed by atoms with Crippen LogP contribution in [0.4, 0.5) is 0 Å². The quantitative estimate of drug-likeness (QED) is 0.736. The number of rotatable bonds is 6. The van der Waals surface area contributed by atoms with Gasteiger partial charge in [-0.25, -0.2) is 4.98 Å². The molecule has 0 aliphatic rings. The molecule has 0 aliphatic carbocycles. The summed E-state index contributed by atoms with van der Waals surface area (Å²) in [6.45, 7) is 4.20. The minimum atomic E-state index is 1.05. The molecule has 1 N–H and O–H groups in total. The zero-order chi connectivity index (χ0) is 9.52. The fourth-order valence-electron chi connectivity index (χ4n) is 1.04. The summed E-state index contributed by atoms with van der Waals surface area (Å²) in [6.07, 6.45) is 3.18. The van der Waals surface area contributed by atoms with Gasteiger partial charge < -0.3 is 5.32 Å². The van der Waals surface area contributed by atoms with Crippen LogP contribution in [0.5, 0.6) is 0 Å². The van der Waals surface area contributed by atoms with E-state index in [0.717, 1.165) is 19.5 Å². The third-order valence-electron chi connectivity index (χ3n) is 1.71. The summed E-state index contributed by atoms with van der Waals surface area (Å²) in [6, 6.07) is 0. The first-order chi connectivity index (χ1) is 6.33. The van der Waals surface area contributed by atoms with Crippen LogP contribution in [0, 0.1) is 6.92 Å². The molecular weight excluding hydrogens is 200 g/mol. The van der Waals surface area contributed by atoms with Gasteiger partial charge in [0, 0.05) is 30.6 Å². The van der Waals surface area contributed by atoms with Gasteiger partial charge in [-0.05, 0) is 13.2 Å². The summed E-state index contributed by atoms with van der Waals surface area (Å²) in [5.74, 6) is 1.19. The summed E-state index contributed by atoms with van der Waals surface area (Å²) in [5, 5.41) is 6.70. The molecule has 2 nitrogen and oxygen atoms in total. The number of thiazole rings is 1. The van der Waals surface area contributed by atoms with Gasteiger partial charge in [-0.1, -0.05) is 0 Å². The normalized spacial score (nSPS) is 10.6. The second-order valence-electron chi connectivity index (χ2n) is 2.85. The average molecular weight is 216 g/mol. The first-order valence-electron chi connectivity index (χ1n) is 4.43.